The molecule has 0 unspecified atom stereocenters. The van der Waals surface area contributed by atoms with Crippen molar-refractivity contribution < 1.29 is 13.2 Å². The maximum atomic E-state index is 12.8. The molecule has 0 aromatic heterocycles. The second kappa shape index (κ2) is 9.56. The number of nitrogens with one attached hydrogen (secondary N) is 1. The Kier molecular flexibility index (Phi) is 7.26. The molecule has 1 heterocycles. The topological polar surface area (TPSA) is 73.0 Å². The van der Waals surface area contributed by atoms with Crippen LogP contribution in [0.15, 0.2) is 41.3 Å². The third-order valence-electron chi connectivity index (χ3n) is 5.59. The molecule has 168 valence electrons. The summed E-state index contributed by atoms with van der Waals surface area (Å²) in [7, 11) is -0.912. The lowest BCUT2D eigenvalue weighted by Gasteiger charge is -2.35. The highest BCUT2D eigenvalue weighted by atomic mass is 35.5. The minimum absolute atomic E-state index is 0.0777. The van der Waals surface area contributed by atoms with Gasteiger partial charge in [0, 0.05) is 57.2 Å². The van der Waals surface area contributed by atoms with E-state index >= 15 is 0 Å². The zero-order chi connectivity index (χ0) is 22.8. The molecule has 0 bridgehead atoms. The molecule has 1 fully saturated rings. The van der Waals surface area contributed by atoms with Crippen LogP contribution >= 0.6 is 11.6 Å². The van der Waals surface area contributed by atoms with Crippen LogP contribution in [0.5, 0.6) is 0 Å². The predicted molar refractivity (Wildman–Crippen MR) is 126 cm³/mol. The number of nitrogens with zero attached hydrogens (tertiary/aromatic N) is 3. The zero-order valence-corrected chi connectivity index (χ0v) is 19.9. The number of likely N-dealkylation sites (N-methyl/N-ethyl adjacent to an activating group) is 1. The molecule has 0 atom stereocenters. The van der Waals surface area contributed by atoms with Crippen molar-refractivity contribution in [1.29, 1.82) is 0 Å². The second-order valence-corrected chi connectivity index (χ2v) is 10.3. The maximum Gasteiger partial charge on any atom is 0.255 e. The summed E-state index contributed by atoms with van der Waals surface area (Å²) >= 11 is 6.08. The fourth-order valence-corrected chi connectivity index (χ4v) is 4.93. The Balaban J connectivity index is 1.77. The van der Waals surface area contributed by atoms with Gasteiger partial charge in [-0.15, -0.1) is 0 Å². The van der Waals surface area contributed by atoms with Gasteiger partial charge in [0.2, 0.25) is 10.0 Å². The number of amides is 1. The molecule has 0 saturated carbocycles. The highest BCUT2D eigenvalue weighted by molar-refractivity contribution is 7.89. The number of benzene rings is 2. The molecule has 3 rings (SSSR count). The van der Waals surface area contributed by atoms with E-state index in [1.807, 2.05) is 19.1 Å². The number of halogens is 1. The number of carbonyl (C=O) groups is 1. The number of anilines is 2. The van der Waals surface area contributed by atoms with Gasteiger partial charge in [-0.25, -0.2) is 12.7 Å². The lowest BCUT2D eigenvalue weighted by Crippen LogP contribution is -2.46. The maximum absolute atomic E-state index is 12.8. The highest BCUT2D eigenvalue weighted by Gasteiger charge is 2.23. The molecule has 0 spiro atoms. The molecule has 31 heavy (non-hydrogen) atoms. The van der Waals surface area contributed by atoms with Gasteiger partial charge in [-0.1, -0.05) is 18.5 Å². The minimum atomic E-state index is -3.76. The smallest absolute Gasteiger partial charge is 0.255 e. The van der Waals surface area contributed by atoms with Crippen molar-refractivity contribution >= 4 is 38.9 Å². The van der Waals surface area contributed by atoms with Crippen LogP contribution in [-0.4, -0.2) is 70.3 Å². The number of aryl methyl sites for hydroxylation is 1. The van der Waals surface area contributed by atoms with Crippen LogP contribution in [0.2, 0.25) is 5.02 Å². The number of hydrogen-bond acceptors (Lipinski definition) is 5. The first-order valence-corrected chi connectivity index (χ1v) is 12.1. The van der Waals surface area contributed by atoms with Gasteiger partial charge in [0.25, 0.3) is 5.91 Å². The third kappa shape index (κ3) is 5.20. The summed E-state index contributed by atoms with van der Waals surface area (Å²) in [5.41, 5.74) is 2.99. The van der Waals surface area contributed by atoms with E-state index in [1.165, 1.54) is 32.3 Å². The molecular formula is C22H29ClN4O3S. The Labute approximate surface area is 189 Å². The van der Waals surface area contributed by atoms with E-state index in [4.69, 9.17) is 11.6 Å². The van der Waals surface area contributed by atoms with E-state index < -0.39 is 10.0 Å². The Morgan fingerprint density at radius 1 is 1.10 bits per heavy atom. The SMILES string of the molecule is CCN1CCN(c2ccc(NC(=O)c3ccc(Cl)c(S(=O)(=O)N(C)C)c3)c(C)c2)CC1. The third-order valence-corrected chi connectivity index (χ3v) is 7.89. The van der Waals surface area contributed by atoms with Gasteiger partial charge in [0.15, 0.2) is 0 Å². The Bertz CT molecular complexity index is 1060. The van der Waals surface area contributed by atoms with Gasteiger partial charge >= 0.3 is 0 Å². The largest absolute Gasteiger partial charge is 0.369 e. The average Bonchev–Trinajstić information content (AvgIpc) is 2.75. The molecular weight excluding hydrogens is 436 g/mol. The first-order valence-electron chi connectivity index (χ1n) is 10.2. The fourth-order valence-electron chi connectivity index (χ4n) is 3.54. The van der Waals surface area contributed by atoms with Gasteiger partial charge in [0.1, 0.15) is 4.90 Å². The molecule has 1 aliphatic rings. The number of hydrogen-bond donors (Lipinski definition) is 1. The van der Waals surface area contributed by atoms with Crippen LogP contribution in [0.4, 0.5) is 11.4 Å². The Morgan fingerprint density at radius 2 is 1.77 bits per heavy atom. The van der Waals surface area contributed by atoms with Crippen LogP contribution in [0, 0.1) is 6.92 Å². The Hall–Kier alpha value is -2.13. The molecule has 7 nitrogen and oxygen atoms in total. The Morgan fingerprint density at radius 3 is 2.35 bits per heavy atom. The fraction of sp³-hybridized carbons (Fsp3) is 0.409. The lowest BCUT2D eigenvalue weighted by molar-refractivity contribution is 0.102. The summed E-state index contributed by atoms with van der Waals surface area (Å²) in [5, 5.41) is 2.96. The summed E-state index contributed by atoms with van der Waals surface area (Å²) in [6.45, 7) is 9.24. The van der Waals surface area contributed by atoms with Crippen LogP contribution in [0.3, 0.4) is 0 Å². The summed E-state index contributed by atoms with van der Waals surface area (Å²) < 4.78 is 26.0. The molecule has 2 aromatic rings. The van der Waals surface area contributed by atoms with Crippen LogP contribution < -0.4 is 10.2 Å². The van der Waals surface area contributed by atoms with Gasteiger partial charge in [0.05, 0.1) is 5.02 Å². The number of carbonyl (C=O) groups excluding carboxylic acids is 1. The van der Waals surface area contributed by atoms with Crippen molar-refractivity contribution in [2.75, 3.05) is 57.0 Å². The van der Waals surface area contributed by atoms with Crippen molar-refractivity contribution in [3.63, 3.8) is 0 Å². The van der Waals surface area contributed by atoms with Crippen molar-refractivity contribution in [3.8, 4) is 0 Å². The molecule has 1 aliphatic heterocycles. The van der Waals surface area contributed by atoms with Crippen molar-refractivity contribution in [3.05, 3.63) is 52.5 Å². The first kappa shape index (κ1) is 23.5. The average molecular weight is 465 g/mol. The molecule has 1 N–H and O–H groups in total. The predicted octanol–water partition coefficient (Wildman–Crippen LogP) is 3.29. The monoisotopic (exact) mass is 464 g/mol. The van der Waals surface area contributed by atoms with Gasteiger partial charge in [-0.3, -0.25) is 4.79 Å². The van der Waals surface area contributed by atoms with E-state index in [-0.39, 0.29) is 21.4 Å². The van der Waals surface area contributed by atoms with Gasteiger partial charge in [-0.2, -0.15) is 0 Å². The molecule has 1 amide bonds. The van der Waals surface area contributed by atoms with Crippen LogP contribution in [-0.2, 0) is 10.0 Å². The molecule has 1 saturated heterocycles. The molecule has 0 aliphatic carbocycles. The van der Waals surface area contributed by atoms with E-state index in [0.29, 0.717) is 5.69 Å². The first-order chi connectivity index (χ1) is 14.6. The van der Waals surface area contributed by atoms with Crippen molar-refractivity contribution in [2.24, 2.45) is 0 Å². The minimum Gasteiger partial charge on any atom is -0.369 e. The van der Waals surface area contributed by atoms with Gasteiger partial charge < -0.3 is 15.1 Å². The van der Waals surface area contributed by atoms with Crippen LogP contribution in [0.1, 0.15) is 22.8 Å². The lowest BCUT2D eigenvalue weighted by atomic mass is 10.1. The second-order valence-electron chi connectivity index (χ2n) is 7.81. The normalized spacial score (nSPS) is 15.4. The van der Waals surface area contributed by atoms with Crippen LogP contribution in [0.25, 0.3) is 0 Å². The zero-order valence-electron chi connectivity index (χ0n) is 18.4. The number of piperazine rings is 1. The summed E-state index contributed by atoms with van der Waals surface area (Å²) in [4.78, 5) is 17.5. The standard InChI is InChI=1S/C22H29ClN4O3S/c1-5-26-10-12-27(13-11-26)18-7-9-20(16(2)14-18)24-22(28)17-6-8-19(23)21(15-17)31(29,30)25(3)4/h6-9,14-15H,5,10-13H2,1-4H3,(H,24,28). The quantitative estimate of drug-likeness (QED) is 0.710. The van der Waals surface area contributed by atoms with E-state index in [0.717, 1.165) is 48.3 Å². The molecule has 9 heteroatoms. The summed E-state index contributed by atoms with van der Waals surface area (Å²) in [6.07, 6.45) is 0. The molecule has 2 aromatic carbocycles. The van der Waals surface area contributed by atoms with E-state index in [9.17, 15) is 13.2 Å². The molecule has 0 radical (unpaired) electrons. The number of rotatable bonds is 6. The van der Waals surface area contributed by atoms with Gasteiger partial charge in [-0.05, 0) is 55.4 Å². The van der Waals surface area contributed by atoms with E-state index in [2.05, 4.69) is 28.1 Å². The summed E-state index contributed by atoms with van der Waals surface area (Å²) in [5.74, 6) is -0.390. The van der Waals surface area contributed by atoms with Crippen molar-refractivity contribution in [1.82, 2.24) is 9.21 Å². The van der Waals surface area contributed by atoms with E-state index in [1.54, 1.807) is 0 Å². The van der Waals surface area contributed by atoms with Crippen molar-refractivity contribution in [2.45, 2.75) is 18.7 Å². The highest BCUT2D eigenvalue weighted by Crippen LogP contribution is 2.27. The summed E-state index contributed by atoms with van der Waals surface area (Å²) in [6, 6.07) is 10.2. The number of sulfonamides is 1.